The molecule has 1 saturated heterocycles. The quantitative estimate of drug-likeness (QED) is 0.594. The molecule has 0 atom stereocenters. The fourth-order valence-electron chi connectivity index (χ4n) is 2.70. The zero-order valence-electron chi connectivity index (χ0n) is 11.1. The number of piperidine rings is 1. The molecule has 0 N–H and O–H groups in total. The van der Waals surface area contributed by atoms with Crippen LogP contribution in [0, 0.1) is 0 Å². The summed E-state index contributed by atoms with van der Waals surface area (Å²) in [5.41, 5.74) is 4.46. The van der Waals surface area contributed by atoms with Gasteiger partial charge in [-0.15, -0.1) is 0 Å². The molecule has 0 radical (unpaired) electrons. The molecular formula is C14H18LiN. The summed E-state index contributed by atoms with van der Waals surface area (Å²) >= 11 is 0. The van der Waals surface area contributed by atoms with Crippen LogP contribution in [0.15, 0.2) is 30.3 Å². The molecule has 0 saturated carbocycles. The first-order valence-corrected chi connectivity index (χ1v) is 5.98. The maximum Gasteiger partial charge on any atom is 1.00 e. The second kappa shape index (κ2) is 5.12. The normalized spacial score (nSPS) is 18.8. The molecule has 0 unspecified atom stereocenters. The van der Waals surface area contributed by atoms with Crippen LogP contribution in [0.2, 0.25) is 0 Å². The maximum atomic E-state index is 2.56. The molecule has 0 aromatic heterocycles. The third kappa shape index (κ3) is 2.07. The molecule has 1 aliphatic carbocycles. The summed E-state index contributed by atoms with van der Waals surface area (Å²) < 4.78 is 0. The Labute approximate surface area is 111 Å². The van der Waals surface area contributed by atoms with Crippen LogP contribution >= 0.6 is 0 Å². The monoisotopic (exact) mass is 207 g/mol. The van der Waals surface area contributed by atoms with Crippen LogP contribution in [0.25, 0.3) is 5.70 Å². The summed E-state index contributed by atoms with van der Waals surface area (Å²) in [6.07, 6.45) is 7.66. The van der Waals surface area contributed by atoms with Crippen LogP contribution in [0.5, 0.6) is 0 Å². The van der Waals surface area contributed by atoms with E-state index in [2.05, 4.69) is 35.2 Å². The number of allylic oxidation sites excluding steroid dienone is 1. The second-order valence-electron chi connectivity index (χ2n) is 4.50. The Balaban J connectivity index is 0.000000722. The third-order valence-electron chi connectivity index (χ3n) is 3.51. The zero-order valence-corrected chi connectivity index (χ0v) is 10.1. The van der Waals surface area contributed by atoms with Gasteiger partial charge in [0.25, 0.3) is 0 Å². The number of fused-ring (bicyclic) bond motifs is 1. The average Bonchev–Trinajstić information content (AvgIpc) is 2.74. The van der Waals surface area contributed by atoms with Gasteiger partial charge in [0.05, 0.1) is 0 Å². The van der Waals surface area contributed by atoms with Crippen molar-refractivity contribution in [3.05, 3.63) is 41.5 Å². The van der Waals surface area contributed by atoms with Gasteiger partial charge in [-0.3, -0.25) is 0 Å². The van der Waals surface area contributed by atoms with E-state index >= 15 is 0 Å². The van der Waals surface area contributed by atoms with E-state index in [-0.39, 0.29) is 20.3 Å². The SMILES string of the molecule is C1=C(N2CCCCC2)c2ccccc2C1.[H-].[Li+]. The summed E-state index contributed by atoms with van der Waals surface area (Å²) in [7, 11) is 0. The number of likely N-dealkylation sites (tertiary alicyclic amines) is 1. The first-order valence-electron chi connectivity index (χ1n) is 5.98. The van der Waals surface area contributed by atoms with Crippen molar-refractivity contribution in [3.63, 3.8) is 0 Å². The van der Waals surface area contributed by atoms with Gasteiger partial charge in [-0.25, -0.2) is 0 Å². The standard InChI is InChI=1S/C14H17N.Li.H/c1-4-10-15(11-5-1)14-9-8-12-6-2-3-7-13(12)14;;/h2-3,6-7,9H,1,4-5,8,10-11H2;;/q;+1;-1. The molecule has 1 aromatic rings. The minimum atomic E-state index is 0. The summed E-state index contributed by atoms with van der Waals surface area (Å²) in [5.74, 6) is 0. The van der Waals surface area contributed by atoms with Crippen molar-refractivity contribution in [2.75, 3.05) is 13.1 Å². The van der Waals surface area contributed by atoms with Crippen LogP contribution in [-0.4, -0.2) is 18.0 Å². The smallest absolute Gasteiger partial charge is 1.00 e. The van der Waals surface area contributed by atoms with Gasteiger partial charge >= 0.3 is 18.9 Å². The van der Waals surface area contributed by atoms with Crippen molar-refractivity contribution in [1.29, 1.82) is 0 Å². The topological polar surface area (TPSA) is 3.24 Å². The van der Waals surface area contributed by atoms with Crippen molar-refractivity contribution in [1.82, 2.24) is 4.90 Å². The van der Waals surface area contributed by atoms with Crippen molar-refractivity contribution >= 4 is 5.70 Å². The predicted molar refractivity (Wildman–Crippen MR) is 64.7 cm³/mol. The van der Waals surface area contributed by atoms with Crippen LogP contribution in [0.3, 0.4) is 0 Å². The molecule has 1 heterocycles. The van der Waals surface area contributed by atoms with Gasteiger partial charge in [0, 0.05) is 24.4 Å². The van der Waals surface area contributed by atoms with E-state index in [9.17, 15) is 0 Å². The van der Waals surface area contributed by atoms with Gasteiger partial charge in [0.15, 0.2) is 0 Å². The van der Waals surface area contributed by atoms with Gasteiger partial charge < -0.3 is 6.33 Å². The van der Waals surface area contributed by atoms with Gasteiger partial charge in [-0.2, -0.15) is 0 Å². The predicted octanol–water partition coefficient (Wildman–Crippen LogP) is 0.186. The van der Waals surface area contributed by atoms with Crippen LogP contribution in [0.1, 0.15) is 31.8 Å². The fourth-order valence-corrected chi connectivity index (χ4v) is 2.70. The van der Waals surface area contributed by atoms with Crippen LogP contribution in [-0.2, 0) is 6.42 Å². The van der Waals surface area contributed by atoms with Crippen molar-refractivity contribution in [3.8, 4) is 0 Å². The fraction of sp³-hybridized carbons (Fsp3) is 0.429. The van der Waals surface area contributed by atoms with E-state index in [1.165, 1.54) is 49.2 Å². The Bertz CT molecular complexity index is 397. The Morgan fingerprint density at radius 1 is 1.00 bits per heavy atom. The largest absolute Gasteiger partial charge is 1.00 e. The molecule has 16 heavy (non-hydrogen) atoms. The molecule has 1 aromatic carbocycles. The molecule has 80 valence electrons. The molecule has 0 spiro atoms. The minimum absolute atomic E-state index is 0. The van der Waals surface area contributed by atoms with Crippen LogP contribution in [0.4, 0.5) is 0 Å². The zero-order chi connectivity index (χ0) is 10.1. The molecule has 2 aliphatic rings. The third-order valence-corrected chi connectivity index (χ3v) is 3.51. The molecule has 0 amide bonds. The number of rotatable bonds is 1. The number of hydrogen-bond acceptors (Lipinski definition) is 1. The van der Waals surface area contributed by atoms with E-state index in [0.717, 1.165) is 6.42 Å². The Morgan fingerprint density at radius 2 is 1.75 bits per heavy atom. The van der Waals surface area contributed by atoms with Gasteiger partial charge in [0.1, 0.15) is 0 Å². The number of benzene rings is 1. The molecule has 3 rings (SSSR count). The van der Waals surface area contributed by atoms with E-state index in [1.54, 1.807) is 0 Å². The molecule has 1 aliphatic heterocycles. The second-order valence-corrected chi connectivity index (χ2v) is 4.50. The summed E-state index contributed by atoms with van der Waals surface area (Å²) in [4.78, 5) is 2.56. The van der Waals surface area contributed by atoms with Crippen molar-refractivity contribution < 1.29 is 20.3 Å². The Kier molecular flexibility index (Phi) is 3.79. The molecule has 1 nitrogen and oxygen atoms in total. The Hall–Kier alpha value is -0.643. The van der Waals surface area contributed by atoms with E-state index in [0.29, 0.717) is 0 Å². The summed E-state index contributed by atoms with van der Waals surface area (Å²) in [5, 5.41) is 0. The number of nitrogens with zero attached hydrogens (tertiary/aromatic N) is 1. The van der Waals surface area contributed by atoms with Gasteiger partial charge in [-0.05, 0) is 31.2 Å². The maximum absolute atomic E-state index is 2.56. The molecular weight excluding hydrogens is 189 g/mol. The van der Waals surface area contributed by atoms with Crippen molar-refractivity contribution in [2.24, 2.45) is 0 Å². The van der Waals surface area contributed by atoms with Crippen molar-refractivity contribution in [2.45, 2.75) is 25.7 Å². The minimum Gasteiger partial charge on any atom is -1.00 e. The first-order chi connectivity index (χ1) is 7.45. The number of hydrogen-bond donors (Lipinski definition) is 0. The summed E-state index contributed by atoms with van der Waals surface area (Å²) in [6, 6.07) is 8.82. The van der Waals surface area contributed by atoms with E-state index in [4.69, 9.17) is 0 Å². The summed E-state index contributed by atoms with van der Waals surface area (Å²) in [6.45, 7) is 2.50. The average molecular weight is 207 g/mol. The molecule has 2 heteroatoms. The van der Waals surface area contributed by atoms with E-state index < -0.39 is 0 Å². The molecule has 0 bridgehead atoms. The first kappa shape index (κ1) is 11.8. The van der Waals surface area contributed by atoms with Gasteiger partial charge in [0.2, 0.25) is 0 Å². The molecule has 1 fully saturated rings. The van der Waals surface area contributed by atoms with Gasteiger partial charge in [-0.1, -0.05) is 30.3 Å². The Morgan fingerprint density at radius 3 is 2.56 bits per heavy atom. The van der Waals surface area contributed by atoms with Crippen LogP contribution < -0.4 is 18.9 Å². The van der Waals surface area contributed by atoms with E-state index in [1.807, 2.05) is 0 Å².